The molecule has 9 heteroatoms. The Balaban J connectivity index is 1.98. The van der Waals surface area contributed by atoms with Gasteiger partial charge >= 0.3 is 0 Å². The van der Waals surface area contributed by atoms with Crippen LogP contribution in [0, 0.1) is 31.0 Å². The van der Waals surface area contributed by atoms with E-state index in [0.29, 0.717) is 5.56 Å². The van der Waals surface area contributed by atoms with Crippen molar-refractivity contribution in [3.8, 4) is 17.7 Å². The summed E-state index contributed by atoms with van der Waals surface area (Å²) in [5.74, 6) is -1.23. The molecule has 0 aliphatic rings. The lowest BCUT2D eigenvalue weighted by molar-refractivity contribution is 0.426. The first-order chi connectivity index (χ1) is 16.2. The summed E-state index contributed by atoms with van der Waals surface area (Å²) in [4.78, 5) is 16.9. The molecule has 0 atom stereocenters. The molecule has 2 heterocycles. The Hall–Kier alpha value is -4.29. The molecule has 4 aromatic rings. The lowest BCUT2D eigenvalue weighted by atomic mass is 10.2. The van der Waals surface area contributed by atoms with E-state index in [4.69, 9.17) is 4.74 Å². The SMILES string of the molecule is Cc1ccc(S(=O)(=O)C(C#N)=Cc2c(Oc3ccccc3F)nc3c(C)cccn3c2=O)cc1. The predicted molar refractivity (Wildman–Crippen MR) is 125 cm³/mol. The molecule has 0 spiro atoms. The molecule has 0 N–H and O–H groups in total. The molecule has 2 aromatic carbocycles. The summed E-state index contributed by atoms with van der Waals surface area (Å²) >= 11 is 0. The van der Waals surface area contributed by atoms with Gasteiger partial charge in [0.05, 0.1) is 4.90 Å². The number of pyridine rings is 1. The van der Waals surface area contributed by atoms with Gasteiger partial charge in [0.25, 0.3) is 5.56 Å². The van der Waals surface area contributed by atoms with Crippen LogP contribution in [0.15, 0.2) is 81.5 Å². The van der Waals surface area contributed by atoms with Crippen LogP contribution in [0.2, 0.25) is 0 Å². The highest BCUT2D eigenvalue weighted by atomic mass is 32.2. The Labute approximate surface area is 194 Å². The summed E-state index contributed by atoms with van der Waals surface area (Å²) in [7, 11) is -4.25. The van der Waals surface area contributed by atoms with Crippen molar-refractivity contribution >= 4 is 21.6 Å². The van der Waals surface area contributed by atoms with Crippen LogP contribution in [0.3, 0.4) is 0 Å². The van der Waals surface area contributed by atoms with Crippen molar-refractivity contribution in [1.29, 1.82) is 5.26 Å². The number of para-hydroxylation sites is 1. The van der Waals surface area contributed by atoms with Crippen LogP contribution in [-0.2, 0) is 9.84 Å². The molecule has 0 radical (unpaired) electrons. The standard InChI is InChI=1S/C25H18FN3O4S/c1-16-9-11-18(12-10-16)34(31,32)19(15-27)14-20-24(33-22-8-4-3-7-21(22)26)28-23-17(2)6-5-13-29(23)25(20)30/h3-14H,1-2H3. The van der Waals surface area contributed by atoms with Gasteiger partial charge in [-0.05, 0) is 55.8 Å². The molecule has 0 fully saturated rings. The zero-order valence-electron chi connectivity index (χ0n) is 18.2. The van der Waals surface area contributed by atoms with E-state index in [2.05, 4.69) is 4.98 Å². The molecule has 34 heavy (non-hydrogen) atoms. The lowest BCUT2D eigenvalue weighted by Crippen LogP contribution is -2.20. The molecule has 0 unspecified atom stereocenters. The first-order valence-corrected chi connectivity index (χ1v) is 11.6. The molecule has 2 aromatic heterocycles. The molecular weight excluding hydrogens is 457 g/mol. The number of fused-ring (bicyclic) bond motifs is 1. The largest absolute Gasteiger partial charge is 0.435 e. The van der Waals surface area contributed by atoms with Gasteiger partial charge in [0.15, 0.2) is 11.6 Å². The summed E-state index contributed by atoms with van der Waals surface area (Å²) in [6.07, 6.45) is 2.37. The Morgan fingerprint density at radius 2 is 1.79 bits per heavy atom. The van der Waals surface area contributed by atoms with Crippen LogP contribution in [0.25, 0.3) is 11.7 Å². The van der Waals surface area contributed by atoms with E-state index in [1.807, 2.05) is 0 Å². The Morgan fingerprint density at radius 1 is 1.09 bits per heavy atom. The van der Waals surface area contributed by atoms with E-state index >= 15 is 0 Å². The van der Waals surface area contributed by atoms with Gasteiger partial charge in [0.2, 0.25) is 15.7 Å². The fraction of sp³-hybridized carbons (Fsp3) is 0.0800. The van der Waals surface area contributed by atoms with E-state index in [1.165, 1.54) is 47.0 Å². The van der Waals surface area contributed by atoms with Gasteiger partial charge in [-0.2, -0.15) is 10.2 Å². The van der Waals surface area contributed by atoms with Gasteiger partial charge in [0.1, 0.15) is 22.2 Å². The Bertz CT molecular complexity index is 1650. The number of aryl methyl sites for hydroxylation is 2. The number of aromatic nitrogens is 2. The highest BCUT2D eigenvalue weighted by molar-refractivity contribution is 7.95. The maximum Gasteiger partial charge on any atom is 0.269 e. The van der Waals surface area contributed by atoms with E-state index in [9.17, 15) is 22.9 Å². The van der Waals surface area contributed by atoms with Crippen molar-refractivity contribution in [3.63, 3.8) is 0 Å². The summed E-state index contributed by atoms with van der Waals surface area (Å²) in [6.45, 7) is 3.53. The van der Waals surface area contributed by atoms with Gasteiger partial charge in [-0.25, -0.2) is 12.8 Å². The number of sulfone groups is 1. The molecule has 0 aliphatic carbocycles. The van der Waals surface area contributed by atoms with Gasteiger partial charge in [0, 0.05) is 6.20 Å². The van der Waals surface area contributed by atoms with Crippen molar-refractivity contribution < 1.29 is 17.5 Å². The smallest absolute Gasteiger partial charge is 0.269 e. The fourth-order valence-electron chi connectivity index (χ4n) is 3.27. The minimum absolute atomic E-state index is 0.104. The number of rotatable bonds is 5. The third-order valence-corrected chi connectivity index (χ3v) is 6.78. The maximum absolute atomic E-state index is 14.3. The molecule has 0 saturated carbocycles. The number of allylic oxidation sites excluding steroid dienone is 1. The maximum atomic E-state index is 14.3. The zero-order valence-corrected chi connectivity index (χ0v) is 19.0. The minimum Gasteiger partial charge on any atom is -0.435 e. The third-order valence-electron chi connectivity index (χ3n) is 5.10. The number of halogens is 1. The van der Waals surface area contributed by atoms with Crippen LogP contribution in [0.4, 0.5) is 4.39 Å². The predicted octanol–water partition coefficient (Wildman–Crippen LogP) is 4.58. The molecular formula is C25H18FN3O4S. The fourth-order valence-corrected chi connectivity index (χ4v) is 4.41. The molecule has 7 nitrogen and oxygen atoms in total. The first-order valence-electron chi connectivity index (χ1n) is 10.1. The average molecular weight is 476 g/mol. The molecule has 0 aliphatic heterocycles. The van der Waals surface area contributed by atoms with Crippen molar-refractivity contribution in [2.24, 2.45) is 0 Å². The van der Waals surface area contributed by atoms with E-state index in [0.717, 1.165) is 11.6 Å². The Morgan fingerprint density at radius 3 is 2.47 bits per heavy atom. The second-order valence-corrected chi connectivity index (χ2v) is 9.41. The number of hydrogen-bond donors (Lipinski definition) is 0. The first kappa shape index (κ1) is 22.9. The summed E-state index contributed by atoms with van der Waals surface area (Å²) in [5.41, 5.74) is 0.747. The number of benzene rings is 2. The number of ether oxygens (including phenoxy) is 1. The quantitative estimate of drug-likeness (QED) is 0.392. The van der Waals surface area contributed by atoms with Crippen LogP contribution >= 0.6 is 0 Å². The minimum atomic E-state index is -4.25. The van der Waals surface area contributed by atoms with Crippen molar-refractivity contribution in [2.75, 3.05) is 0 Å². The average Bonchev–Trinajstić information content (AvgIpc) is 2.81. The molecule has 4 rings (SSSR count). The van der Waals surface area contributed by atoms with Gasteiger partial charge < -0.3 is 4.74 Å². The highest BCUT2D eigenvalue weighted by Crippen LogP contribution is 2.28. The lowest BCUT2D eigenvalue weighted by Gasteiger charge is -2.12. The summed E-state index contributed by atoms with van der Waals surface area (Å²) < 4.78 is 47.3. The highest BCUT2D eigenvalue weighted by Gasteiger charge is 2.24. The van der Waals surface area contributed by atoms with Crippen LogP contribution in [0.1, 0.15) is 16.7 Å². The van der Waals surface area contributed by atoms with E-state index in [-0.39, 0.29) is 27.7 Å². The van der Waals surface area contributed by atoms with Crippen molar-refractivity contribution in [2.45, 2.75) is 18.7 Å². The number of nitriles is 1. The third kappa shape index (κ3) is 4.19. The van der Waals surface area contributed by atoms with E-state index in [1.54, 1.807) is 44.2 Å². The molecule has 170 valence electrons. The molecule has 0 amide bonds. The van der Waals surface area contributed by atoms with Crippen molar-refractivity contribution in [3.05, 3.63) is 105 Å². The number of hydrogen-bond acceptors (Lipinski definition) is 6. The van der Waals surface area contributed by atoms with Crippen molar-refractivity contribution in [1.82, 2.24) is 9.38 Å². The summed E-state index contributed by atoms with van der Waals surface area (Å²) in [5, 5.41) is 9.68. The zero-order chi connectivity index (χ0) is 24.5. The van der Waals surface area contributed by atoms with Gasteiger partial charge in [-0.15, -0.1) is 0 Å². The second-order valence-electron chi connectivity index (χ2n) is 7.49. The second kappa shape index (κ2) is 8.92. The molecule has 0 bridgehead atoms. The summed E-state index contributed by atoms with van der Waals surface area (Å²) in [6, 6.07) is 16.5. The van der Waals surface area contributed by atoms with Gasteiger partial charge in [-0.3, -0.25) is 9.20 Å². The number of nitrogens with zero attached hydrogens (tertiary/aromatic N) is 3. The monoisotopic (exact) mass is 475 g/mol. The van der Waals surface area contributed by atoms with Crippen LogP contribution in [-0.4, -0.2) is 17.8 Å². The van der Waals surface area contributed by atoms with Crippen LogP contribution < -0.4 is 10.3 Å². The van der Waals surface area contributed by atoms with Crippen LogP contribution in [0.5, 0.6) is 11.6 Å². The Kier molecular flexibility index (Phi) is 6.01. The van der Waals surface area contributed by atoms with Gasteiger partial charge in [-0.1, -0.05) is 35.9 Å². The topological polar surface area (TPSA) is 102 Å². The van der Waals surface area contributed by atoms with E-state index < -0.39 is 26.1 Å². The molecule has 0 saturated heterocycles. The normalized spacial score (nSPS) is 11.9.